The number of pyridine rings is 1. The van der Waals surface area contributed by atoms with Crippen LogP contribution in [0.2, 0.25) is 0 Å². The van der Waals surface area contributed by atoms with E-state index in [0.717, 1.165) is 12.0 Å². The lowest BCUT2D eigenvalue weighted by atomic mass is 9.59. The highest BCUT2D eigenvalue weighted by atomic mass is 19.1. The van der Waals surface area contributed by atoms with Crippen molar-refractivity contribution >= 4 is 11.4 Å². The van der Waals surface area contributed by atoms with E-state index in [-0.39, 0.29) is 35.3 Å². The summed E-state index contributed by atoms with van der Waals surface area (Å²) in [5, 5.41) is 0. The van der Waals surface area contributed by atoms with Gasteiger partial charge in [0.25, 0.3) is 0 Å². The summed E-state index contributed by atoms with van der Waals surface area (Å²) >= 11 is 0. The average Bonchev–Trinajstić information content (AvgIpc) is 3.02. The summed E-state index contributed by atoms with van der Waals surface area (Å²) in [6.45, 7) is 7.59. The number of ketones is 1. The number of fused-ring (bicyclic) bond motifs is 1. The van der Waals surface area contributed by atoms with E-state index in [9.17, 15) is 13.6 Å². The molecule has 2 heterocycles. The molecular weight excluding hydrogens is 400 g/mol. The monoisotopic (exact) mass is 427 g/mol. The number of carbonyl (C=O) groups is 1. The molecule has 1 fully saturated rings. The van der Waals surface area contributed by atoms with Crippen LogP contribution in [0, 0.1) is 36.8 Å². The fourth-order valence-electron chi connectivity index (χ4n) is 4.57. The number of hydrogen-bond acceptors (Lipinski definition) is 4. The second-order valence-electron chi connectivity index (χ2n) is 9.22. The number of ether oxygens (including phenoxy) is 1. The van der Waals surface area contributed by atoms with Gasteiger partial charge in [-0.3, -0.25) is 9.20 Å². The zero-order valence-electron chi connectivity index (χ0n) is 18.2. The number of halogens is 2. The second kappa shape index (κ2) is 7.71. The zero-order chi connectivity index (χ0) is 22.5. The van der Waals surface area contributed by atoms with Crippen LogP contribution in [0.4, 0.5) is 8.78 Å². The summed E-state index contributed by atoms with van der Waals surface area (Å²) < 4.78 is 35.4. The quantitative estimate of drug-likeness (QED) is 0.576. The Morgan fingerprint density at radius 1 is 1.29 bits per heavy atom. The summed E-state index contributed by atoms with van der Waals surface area (Å²) in [6.07, 6.45) is 3.10. The third-order valence-corrected chi connectivity index (χ3v) is 6.34. The first-order valence-electron chi connectivity index (χ1n) is 10.4. The molecule has 1 aliphatic carbocycles. The van der Waals surface area contributed by atoms with Gasteiger partial charge in [-0.25, -0.2) is 13.8 Å². The molecule has 164 valence electrons. The number of aryl methyl sites for hydroxylation is 2. The Kier molecular flexibility index (Phi) is 5.33. The third kappa shape index (κ3) is 3.82. The van der Waals surface area contributed by atoms with Gasteiger partial charge in [-0.15, -0.1) is 0 Å². The predicted octanol–water partition coefficient (Wildman–Crippen LogP) is 4.75. The van der Waals surface area contributed by atoms with E-state index in [1.54, 1.807) is 17.4 Å². The van der Waals surface area contributed by atoms with Crippen molar-refractivity contribution in [2.24, 2.45) is 17.1 Å². The minimum Gasteiger partial charge on any atom is -0.485 e. The van der Waals surface area contributed by atoms with E-state index in [4.69, 9.17) is 10.5 Å². The minimum absolute atomic E-state index is 0.00719. The molecule has 0 spiro atoms. The summed E-state index contributed by atoms with van der Waals surface area (Å²) in [7, 11) is 0. The lowest BCUT2D eigenvalue weighted by Gasteiger charge is -2.49. The van der Waals surface area contributed by atoms with Gasteiger partial charge < -0.3 is 10.5 Å². The molecule has 0 saturated heterocycles. The first-order valence-corrected chi connectivity index (χ1v) is 10.4. The molecule has 4 rings (SSSR count). The Labute approximate surface area is 180 Å². The summed E-state index contributed by atoms with van der Waals surface area (Å²) in [4.78, 5) is 17.7. The smallest absolute Gasteiger partial charge is 0.181 e. The average molecular weight is 427 g/mol. The van der Waals surface area contributed by atoms with Crippen molar-refractivity contribution in [1.29, 1.82) is 0 Å². The van der Waals surface area contributed by atoms with Crippen molar-refractivity contribution in [2.75, 3.05) is 0 Å². The standard InChI is InChI=1S/C24H27F2N3O2/c1-13-8-20(31-12-16-17(25)6-5-7-18(16)26)23-28-14(2)21(29(23)11-13)19(30)9-15-10-24(3,4)22(15)27/h5-8,11,15,22H,9-10,12,27H2,1-4H3. The van der Waals surface area contributed by atoms with Crippen LogP contribution in [-0.4, -0.2) is 21.2 Å². The Bertz CT molecular complexity index is 1150. The fourth-order valence-corrected chi connectivity index (χ4v) is 4.57. The summed E-state index contributed by atoms with van der Waals surface area (Å²) in [6, 6.07) is 5.43. The molecule has 0 amide bonds. The number of rotatable bonds is 6. The van der Waals surface area contributed by atoms with Gasteiger partial charge in [0, 0.05) is 18.7 Å². The van der Waals surface area contributed by atoms with E-state index in [1.165, 1.54) is 18.2 Å². The minimum atomic E-state index is -0.668. The Morgan fingerprint density at radius 3 is 2.58 bits per heavy atom. The number of Topliss-reactive ketones (excluding diaryl/α,β-unsaturated/α-hetero) is 1. The van der Waals surface area contributed by atoms with Crippen LogP contribution in [0.15, 0.2) is 30.5 Å². The van der Waals surface area contributed by atoms with E-state index in [2.05, 4.69) is 18.8 Å². The van der Waals surface area contributed by atoms with Gasteiger partial charge in [0.05, 0.1) is 11.3 Å². The molecule has 0 aliphatic heterocycles. The molecule has 2 N–H and O–H groups in total. The molecule has 3 aromatic rings. The van der Waals surface area contributed by atoms with Crippen molar-refractivity contribution in [3.8, 4) is 5.75 Å². The van der Waals surface area contributed by atoms with Crippen molar-refractivity contribution < 1.29 is 18.3 Å². The van der Waals surface area contributed by atoms with Gasteiger partial charge >= 0.3 is 0 Å². The number of imidazole rings is 1. The van der Waals surface area contributed by atoms with Crippen molar-refractivity contribution in [1.82, 2.24) is 9.38 Å². The predicted molar refractivity (Wildman–Crippen MR) is 114 cm³/mol. The van der Waals surface area contributed by atoms with Crippen LogP contribution < -0.4 is 10.5 Å². The van der Waals surface area contributed by atoms with Gasteiger partial charge in [0.15, 0.2) is 17.2 Å². The second-order valence-corrected chi connectivity index (χ2v) is 9.22. The van der Waals surface area contributed by atoms with E-state index < -0.39 is 11.6 Å². The molecular formula is C24H27F2N3O2. The number of nitrogens with zero attached hydrogens (tertiary/aromatic N) is 2. The van der Waals surface area contributed by atoms with Crippen molar-refractivity contribution in [3.05, 3.63) is 64.6 Å². The normalized spacial score (nSPS) is 20.0. The van der Waals surface area contributed by atoms with Crippen LogP contribution in [0.3, 0.4) is 0 Å². The van der Waals surface area contributed by atoms with Crippen LogP contribution >= 0.6 is 0 Å². The van der Waals surface area contributed by atoms with Crippen LogP contribution in [0.25, 0.3) is 5.65 Å². The molecule has 1 aliphatic rings. The first kappa shape index (κ1) is 21.4. The van der Waals surface area contributed by atoms with Gasteiger partial charge in [-0.05, 0) is 55.4 Å². The molecule has 31 heavy (non-hydrogen) atoms. The maximum absolute atomic E-state index is 14.0. The highest BCUT2D eigenvalue weighted by Gasteiger charge is 2.45. The molecule has 2 unspecified atom stereocenters. The molecule has 5 nitrogen and oxygen atoms in total. The number of carbonyl (C=O) groups excluding carboxylic acids is 1. The highest BCUT2D eigenvalue weighted by Crippen LogP contribution is 2.45. The van der Waals surface area contributed by atoms with E-state index in [1.807, 2.05) is 13.1 Å². The molecule has 7 heteroatoms. The molecule has 1 saturated carbocycles. The van der Waals surface area contributed by atoms with Gasteiger partial charge in [-0.1, -0.05) is 19.9 Å². The number of hydrogen-bond donors (Lipinski definition) is 1. The van der Waals surface area contributed by atoms with Crippen LogP contribution in [0.5, 0.6) is 5.75 Å². The van der Waals surface area contributed by atoms with Crippen molar-refractivity contribution in [2.45, 2.75) is 53.2 Å². The Hall–Kier alpha value is -2.80. The van der Waals surface area contributed by atoms with E-state index in [0.29, 0.717) is 29.2 Å². The summed E-state index contributed by atoms with van der Waals surface area (Å²) in [5.74, 6) is -0.835. The zero-order valence-corrected chi connectivity index (χ0v) is 18.2. The SMILES string of the molecule is Cc1cc(OCc2c(F)cccc2F)c2nc(C)c(C(=O)CC3CC(C)(C)C3N)n2c1. The molecule has 1 aromatic carbocycles. The Balaban J connectivity index is 1.63. The summed E-state index contributed by atoms with van der Waals surface area (Å²) in [5.41, 5.74) is 8.54. The molecule has 0 bridgehead atoms. The third-order valence-electron chi connectivity index (χ3n) is 6.34. The van der Waals surface area contributed by atoms with Crippen molar-refractivity contribution in [3.63, 3.8) is 0 Å². The number of aromatic nitrogens is 2. The lowest BCUT2D eigenvalue weighted by molar-refractivity contribution is 0.0454. The van der Waals surface area contributed by atoms with Crippen LogP contribution in [-0.2, 0) is 6.61 Å². The lowest BCUT2D eigenvalue weighted by Crippen LogP contribution is -2.55. The van der Waals surface area contributed by atoms with Gasteiger partial charge in [0.2, 0.25) is 0 Å². The van der Waals surface area contributed by atoms with Gasteiger partial charge in [-0.2, -0.15) is 0 Å². The highest BCUT2D eigenvalue weighted by molar-refractivity contribution is 5.97. The number of nitrogens with two attached hydrogens (primary N) is 1. The fraction of sp³-hybridized carbons (Fsp3) is 0.417. The maximum Gasteiger partial charge on any atom is 0.181 e. The Morgan fingerprint density at radius 2 is 1.97 bits per heavy atom. The number of benzene rings is 1. The molecule has 0 radical (unpaired) electrons. The maximum atomic E-state index is 14.0. The molecule has 2 aromatic heterocycles. The topological polar surface area (TPSA) is 69.6 Å². The largest absolute Gasteiger partial charge is 0.485 e. The molecule has 2 atom stereocenters. The first-order chi connectivity index (χ1) is 14.6. The van der Waals surface area contributed by atoms with Crippen LogP contribution in [0.1, 0.15) is 54.0 Å². The van der Waals surface area contributed by atoms with E-state index >= 15 is 0 Å². The van der Waals surface area contributed by atoms with Gasteiger partial charge in [0.1, 0.15) is 23.9 Å².